The second-order valence-electron chi connectivity index (χ2n) is 4.38. The minimum Gasteiger partial charge on any atom is -0.496 e. The Kier molecular flexibility index (Phi) is 3.80. The smallest absolute Gasteiger partial charge is 0.250 e. The summed E-state index contributed by atoms with van der Waals surface area (Å²) in [6.45, 7) is 0. The highest BCUT2D eigenvalue weighted by Crippen LogP contribution is 2.37. The Morgan fingerprint density at radius 1 is 0.952 bits per heavy atom. The second-order valence-corrected chi connectivity index (χ2v) is 4.38. The third-order valence-electron chi connectivity index (χ3n) is 3.15. The van der Waals surface area contributed by atoms with Gasteiger partial charge in [-0.05, 0) is 18.2 Å². The number of methoxy groups -OCH3 is 1. The number of hydrogen-bond acceptors (Lipinski definition) is 4. The van der Waals surface area contributed by atoms with Gasteiger partial charge in [-0.25, -0.2) is 0 Å². The highest BCUT2D eigenvalue weighted by atomic mass is 16.5. The molecule has 0 bridgehead atoms. The van der Waals surface area contributed by atoms with E-state index in [0.717, 1.165) is 0 Å². The fourth-order valence-electron chi connectivity index (χ4n) is 2.18. The fraction of sp³-hybridized carbons (Fsp3) is 0.0667. The molecule has 108 valence electrons. The van der Waals surface area contributed by atoms with Crippen LogP contribution in [0.2, 0.25) is 0 Å². The number of anilines is 1. The Hall–Kier alpha value is -3.02. The van der Waals surface area contributed by atoms with E-state index in [1.807, 2.05) is 0 Å². The number of benzene rings is 2. The molecule has 2 aromatic rings. The van der Waals surface area contributed by atoms with Gasteiger partial charge in [0.2, 0.25) is 5.91 Å². The fourth-order valence-corrected chi connectivity index (χ4v) is 2.18. The average Bonchev–Trinajstić information content (AvgIpc) is 2.46. The highest BCUT2D eigenvalue weighted by Gasteiger charge is 2.20. The van der Waals surface area contributed by atoms with Crippen molar-refractivity contribution in [1.82, 2.24) is 0 Å². The first kappa shape index (κ1) is 14.4. The van der Waals surface area contributed by atoms with Gasteiger partial charge in [0.25, 0.3) is 5.91 Å². The molecule has 6 heteroatoms. The van der Waals surface area contributed by atoms with Crippen LogP contribution >= 0.6 is 0 Å². The standard InChI is InChI=1S/C15H15N3O3/c1-21-11-5-3-2-4-8(11)12-9(14(17)19)6-7-10(13(12)16)15(18)20/h2-7H,16H2,1H3,(H2,17,19)(H2,18,20). The van der Waals surface area contributed by atoms with Crippen molar-refractivity contribution in [1.29, 1.82) is 0 Å². The molecule has 0 fully saturated rings. The van der Waals surface area contributed by atoms with Crippen molar-refractivity contribution in [3.63, 3.8) is 0 Å². The van der Waals surface area contributed by atoms with Crippen molar-refractivity contribution in [2.45, 2.75) is 0 Å². The van der Waals surface area contributed by atoms with Gasteiger partial charge in [0.1, 0.15) is 5.75 Å². The summed E-state index contributed by atoms with van der Waals surface area (Å²) in [5.74, 6) is -0.827. The molecule has 0 radical (unpaired) electrons. The van der Waals surface area contributed by atoms with E-state index in [1.54, 1.807) is 24.3 Å². The second kappa shape index (κ2) is 5.54. The largest absolute Gasteiger partial charge is 0.496 e. The molecule has 2 aromatic carbocycles. The molecule has 0 aliphatic heterocycles. The first-order valence-corrected chi connectivity index (χ1v) is 6.12. The number of nitrogens with two attached hydrogens (primary N) is 3. The van der Waals surface area contributed by atoms with Crippen LogP contribution in [0.25, 0.3) is 11.1 Å². The topological polar surface area (TPSA) is 121 Å². The van der Waals surface area contributed by atoms with Crippen LogP contribution in [0.5, 0.6) is 5.75 Å². The summed E-state index contributed by atoms with van der Waals surface area (Å²) in [5, 5.41) is 0. The molecular formula is C15H15N3O3. The molecular weight excluding hydrogens is 270 g/mol. The first-order valence-electron chi connectivity index (χ1n) is 6.12. The lowest BCUT2D eigenvalue weighted by atomic mass is 9.93. The monoisotopic (exact) mass is 285 g/mol. The van der Waals surface area contributed by atoms with Crippen LogP contribution in [-0.4, -0.2) is 18.9 Å². The van der Waals surface area contributed by atoms with Crippen LogP contribution in [0.15, 0.2) is 36.4 Å². The number of carbonyl (C=O) groups excluding carboxylic acids is 2. The summed E-state index contributed by atoms with van der Waals surface area (Å²) in [6.07, 6.45) is 0. The highest BCUT2D eigenvalue weighted by molar-refractivity contribution is 6.09. The van der Waals surface area contributed by atoms with Crippen LogP contribution in [-0.2, 0) is 0 Å². The van der Waals surface area contributed by atoms with E-state index in [0.29, 0.717) is 16.9 Å². The van der Waals surface area contributed by atoms with E-state index in [-0.39, 0.29) is 16.8 Å². The number of primary amides is 2. The van der Waals surface area contributed by atoms with E-state index in [1.165, 1.54) is 19.2 Å². The van der Waals surface area contributed by atoms with Gasteiger partial charge in [-0.2, -0.15) is 0 Å². The minimum absolute atomic E-state index is 0.100. The zero-order valence-electron chi connectivity index (χ0n) is 11.4. The van der Waals surface area contributed by atoms with Gasteiger partial charge < -0.3 is 21.9 Å². The van der Waals surface area contributed by atoms with Crippen LogP contribution in [0.3, 0.4) is 0 Å². The van der Waals surface area contributed by atoms with Gasteiger partial charge in [-0.15, -0.1) is 0 Å². The summed E-state index contributed by atoms with van der Waals surface area (Å²) in [6, 6.07) is 9.80. The van der Waals surface area contributed by atoms with E-state index in [9.17, 15) is 9.59 Å². The molecule has 21 heavy (non-hydrogen) atoms. The number of amides is 2. The Balaban J connectivity index is 2.84. The van der Waals surface area contributed by atoms with E-state index >= 15 is 0 Å². The number of carbonyl (C=O) groups is 2. The molecule has 2 rings (SSSR count). The Labute approximate surface area is 121 Å². The first-order chi connectivity index (χ1) is 9.97. The van der Waals surface area contributed by atoms with E-state index in [2.05, 4.69) is 0 Å². The summed E-state index contributed by atoms with van der Waals surface area (Å²) < 4.78 is 5.27. The third-order valence-corrected chi connectivity index (χ3v) is 3.15. The van der Waals surface area contributed by atoms with Crippen LogP contribution in [0.4, 0.5) is 5.69 Å². The summed E-state index contributed by atoms with van der Waals surface area (Å²) >= 11 is 0. The maximum absolute atomic E-state index is 11.6. The van der Waals surface area contributed by atoms with Gasteiger partial charge in [0.15, 0.2) is 0 Å². The molecule has 0 aliphatic carbocycles. The predicted octanol–water partition coefficient (Wildman–Crippen LogP) is 1.14. The summed E-state index contributed by atoms with van der Waals surface area (Å²) in [7, 11) is 1.50. The van der Waals surface area contributed by atoms with Crippen molar-refractivity contribution >= 4 is 17.5 Å². The van der Waals surface area contributed by atoms with E-state index < -0.39 is 11.8 Å². The molecule has 6 nitrogen and oxygen atoms in total. The van der Waals surface area contributed by atoms with Crippen molar-refractivity contribution < 1.29 is 14.3 Å². The Morgan fingerprint density at radius 2 is 1.52 bits per heavy atom. The van der Waals surface area contributed by atoms with Gasteiger partial charge in [0, 0.05) is 16.7 Å². The number of hydrogen-bond donors (Lipinski definition) is 3. The quantitative estimate of drug-likeness (QED) is 0.729. The lowest BCUT2D eigenvalue weighted by Gasteiger charge is -2.15. The molecule has 0 spiro atoms. The maximum Gasteiger partial charge on any atom is 0.250 e. The molecule has 0 saturated heterocycles. The van der Waals surface area contributed by atoms with Gasteiger partial charge >= 0.3 is 0 Å². The summed E-state index contributed by atoms with van der Waals surface area (Å²) in [4.78, 5) is 23.1. The van der Waals surface area contributed by atoms with Crippen molar-refractivity contribution in [2.24, 2.45) is 11.5 Å². The molecule has 0 saturated carbocycles. The number of rotatable bonds is 4. The van der Waals surface area contributed by atoms with Crippen molar-refractivity contribution in [3.8, 4) is 16.9 Å². The van der Waals surface area contributed by atoms with Gasteiger partial charge in [-0.3, -0.25) is 9.59 Å². The molecule has 0 heterocycles. The normalized spacial score (nSPS) is 10.1. The van der Waals surface area contributed by atoms with Crippen LogP contribution < -0.4 is 21.9 Å². The lowest BCUT2D eigenvalue weighted by Crippen LogP contribution is -2.18. The lowest BCUT2D eigenvalue weighted by molar-refractivity contribution is 0.0989. The van der Waals surface area contributed by atoms with Crippen LogP contribution in [0.1, 0.15) is 20.7 Å². The van der Waals surface area contributed by atoms with E-state index in [4.69, 9.17) is 21.9 Å². The zero-order chi connectivity index (χ0) is 15.6. The Morgan fingerprint density at radius 3 is 2.10 bits per heavy atom. The molecule has 6 N–H and O–H groups in total. The van der Waals surface area contributed by atoms with Crippen LogP contribution in [0, 0.1) is 0 Å². The van der Waals surface area contributed by atoms with Crippen molar-refractivity contribution in [3.05, 3.63) is 47.5 Å². The van der Waals surface area contributed by atoms with Gasteiger partial charge in [-0.1, -0.05) is 18.2 Å². The molecule has 2 amide bonds. The molecule has 0 aliphatic rings. The zero-order valence-corrected chi connectivity index (χ0v) is 11.4. The average molecular weight is 285 g/mol. The summed E-state index contributed by atoms with van der Waals surface area (Å²) in [5.41, 5.74) is 18.0. The third kappa shape index (κ3) is 2.51. The molecule has 0 atom stereocenters. The number of nitrogen functional groups attached to an aromatic ring is 1. The maximum atomic E-state index is 11.6. The minimum atomic E-state index is -0.681. The SMILES string of the molecule is COc1ccccc1-c1c(C(N)=O)ccc(C(N)=O)c1N. The Bertz CT molecular complexity index is 726. The molecule has 0 aromatic heterocycles. The number of para-hydroxylation sites is 1. The number of ether oxygens (including phenoxy) is 1. The van der Waals surface area contributed by atoms with Crippen molar-refractivity contribution in [2.75, 3.05) is 12.8 Å². The predicted molar refractivity (Wildman–Crippen MR) is 79.9 cm³/mol. The van der Waals surface area contributed by atoms with Gasteiger partial charge in [0.05, 0.1) is 18.4 Å². The molecule has 0 unspecified atom stereocenters.